The lowest BCUT2D eigenvalue weighted by atomic mass is 9.79. The van der Waals surface area contributed by atoms with Gasteiger partial charge in [0.2, 0.25) is 0 Å². The van der Waals surface area contributed by atoms with Crippen molar-refractivity contribution in [3.8, 4) is 0 Å². The van der Waals surface area contributed by atoms with Gasteiger partial charge in [-0.2, -0.15) is 15.3 Å². The van der Waals surface area contributed by atoms with E-state index < -0.39 is 5.60 Å². The SMILES string of the molecule is CC(c1ccnnc1)C(O)(Cn1cncn1)c1ccc(Cl)cc1Cl. The Labute approximate surface area is 149 Å². The van der Waals surface area contributed by atoms with Gasteiger partial charge in [0, 0.05) is 27.7 Å². The summed E-state index contributed by atoms with van der Waals surface area (Å²) in [6.45, 7) is 2.08. The third kappa shape index (κ3) is 3.26. The molecule has 2 aromatic heterocycles. The first-order chi connectivity index (χ1) is 11.5. The van der Waals surface area contributed by atoms with Crippen molar-refractivity contribution in [1.82, 2.24) is 25.0 Å². The molecule has 0 aliphatic rings. The van der Waals surface area contributed by atoms with Gasteiger partial charge in [0.05, 0.1) is 12.7 Å². The molecule has 2 unspecified atom stereocenters. The number of aliphatic hydroxyl groups is 1. The number of hydrogen-bond donors (Lipinski definition) is 1. The summed E-state index contributed by atoms with van der Waals surface area (Å²) < 4.78 is 1.57. The van der Waals surface area contributed by atoms with Gasteiger partial charge in [0.25, 0.3) is 0 Å². The number of aromatic nitrogens is 5. The third-order valence-corrected chi connectivity index (χ3v) is 4.64. The van der Waals surface area contributed by atoms with Crippen LogP contribution < -0.4 is 0 Å². The average molecular weight is 364 g/mol. The van der Waals surface area contributed by atoms with Gasteiger partial charge in [0.15, 0.2) is 0 Å². The molecule has 124 valence electrons. The Morgan fingerprint density at radius 3 is 2.71 bits per heavy atom. The van der Waals surface area contributed by atoms with Crippen molar-refractivity contribution in [2.24, 2.45) is 0 Å². The predicted octanol–water partition coefficient (Wildman–Crippen LogP) is 3.07. The fraction of sp³-hybridized carbons (Fsp3) is 0.250. The van der Waals surface area contributed by atoms with E-state index in [1.165, 1.54) is 6.33 Å². The maximum Gasteiger partial charge on any atom is 0.137 e. The van der Waals surface area contributed by atoms with E-state index in [4.69, 9.17) is 23.2 Å². The van der Waals surface area contributed by atoms with Crippen LogP contribution in [0, 0.1) is 0 Å². The van der Waals surface area contributed by atoms with Crippen LogP contribution in [-0.4, -0.2) is 30.1 Å². The predicted molar refractivity (Wildman–Crippen MR) is 90.8 cm³/mol. The second-order valence-corrected chi connectivity index (χ2v) is 6.38. The van der Waals surface area contributed by atoms with Gasteiger partial charge in [-0.3, -0.25) is 0 Å². The molecule has 6 nitrogen and oxygen atoms in total. The summed E-state index contributed by atoms with van der Waals surface area (Å²) >= 11 is 12.4. The lowest BCUT2D eigenvalue weighted by Gasteiger charge is -2.35. The zero-order valence-corrected chi connectivity index (χ0v) is 14.4. The average Bonchev–Trinajstić information content (AvgIpc) is 3.07. The second kappa shape index (κ2) is 6.84. The number of rotatable bonds is 5. The lowest BCUT2D eigenvalue weighted by molar-refractivity contribution is -0.00801. The molecule has 24 heavy (non-hydrogen) atoms. The Morgan fingerprint density at radius 1 is 1.25 bits per heavy atom. The molecule has 3 rings (SSSR count). The first kappa shape index (κ1) is 16.8. The van der Waals surface area contributed by atoms with Crippen molar-refractivity contribution >= 4 is 23.2 Å². The Kier molecular flexibility index (Phi) is 4.80. The van der Waals surface area contributed by atoms with E-state index in [2.05, 4.69) is 20.3 Å². The molecule has 0 saturated carbocycles. The third-order valence-electron chi connectivity index (χ3n) is 4.09. The van der Waals surface area contributed by atoms with E-state index in [1.807, 2.05) is 13.0 Å². The van der Waals surface area contributed by atoms with E-state index in [0.29, 0.717) is 15.6 Å². The highest BCUT2D eigenvalue weighted by Crippen LogP contribution is 2.41. The minimum absolute atomic E-state index is 0.178. The highest BCUT2D eigenvalue weighted by atomic mass is 35.5. The summed E-state index contributed by atoms with van der Waals surface area (Å²) in [5.74, 6) is -0.323. The van der Waals surface area contributed by atoms with Gasteiger partial charge in [-0.15, -0.1) is 0 Å². The van der Waals surface area contributed by atoms with Crippen LogP contribution in [0.3, 0.4) is 0 Å². The zero-order chi connectivity index (χ0) is 17.2. The molecule has 8 heteroatoms. The quantitative estimate of drug-likeness (QED) is 0.753. The van der Waals surface area contributed by atoms with Gasteiger partial charge in [0.1, 0.15) is 18.3 Å². The van der Waals surface area contributed by atoms with E-state index >= 15 is 0 Å². The molecule has 0 saturated heterocycles. The van der Waals surface area contributed by atoms with Crippen LogP contribution >= 0.6 is 23.2 Å². The monoisotopic (exact) mass is 363 g/mol. The molecule has 1 aromatic carbocycles. The van der Waals surface area contributed by atoms with Crippen LogP contribution in [0.2, 0.25) is 10.0 Å². The Hall–Kier alpha value is -2.02. The molecular weight excluding hydrogens is 349 g/mol. The number of benzene rings is 1. The molecule has 2 heterocycles. The van der Waals surface area contributed by atoms with E-state index in [0.717, 1.165) is 5.56 Å². The second-order valence-electron chi connectivity index (χ2n) is 5.54. The summed E-state index contributed by atoms with van der Waals surface area (Å²) in [5, 5.41) is 24.3. The maximum atomic E-state index is 11.6. The van der Waals surface area contributed by atoms with Crippen molar-refractivity contribution in [1.29, 1.82) is 0 Å². The van der Waals surface area contributed by atoms with Crippen LogP contribution in [-0.2, 0) is 12.1 Å². The minimum Gasteiger partial charge on any atom is -0.383 e. The van der Waals surface area contributed by atoms with Gasteiger partial charge in [-0.1, -0.05) is 36.2 Å². The van der Waals surface area contributed by atoms with Crippen molar-refractivity contribution in [2.75, 3.05) is 0 Å². The summed E-state index contributed by atoms with van der Waals surface area (Å²) in [6, 6.07) is 6.86. The standard InChI is InChI=1S/C16H15Cl2N5O/c1-11(12-4-5-20-21-7-12)16(24,8-23-10-19-9-22-23)14-3-2-13(17)6-15(14)18/h2-7,9-11,24H,8H2,1H3. The molecule has 0 bridgehead atoms. The van der Waals surface area contributed by atoms with Gasteiger partial charge in [-0.25, -0.2) is 9.67 Å². The fourth-order valence-electron chi connectivity index (χ4n) is 2.69. The summed E-state index contributed by atoms with van der Waals surface area (Å²) in [6.07, 6.45) is 6.18. The number of halogens is 2. The molecule has 0 aliphatic carbocycles. The minimum atomic E-state index is -1.33. The van der Waals surface area contributed by atoms with Crippen LogP contribution in [0.4, 0.5) is 0 Å². The normalized spacial score (nSPS) is 15.0. The summed E-state index contributed by atoms with van der Waals surface area (Å²) in [4.78, 5) is 3.93. The van der Waals surface area contributed by atoms with Crippen molar-refractivity contribution in [3.63, 3.8) is 0 Å². The van der Waals surface area contributed by atoms with Crippen LogP contribution in [0.1, 0.15) is 24.0 Å². The van der Waals surface area contributed by atoms with E-state index in [-0.39, 0.29) is 12.5 Å². The summed E-state index contributed by atoms with van der Waals surface area (Å²) in [5.41, 5.74) is 0.0605. The molecule has 3 aromatic rings. The van der Waals surface area contributed by atoms with Crippen LogP contribution in [0.25, 0.3) is 0 Å². The molecule has 0 radical (unpaired) electrons. The smallest absolute Gasteiger partial charge is 0.137 e. The lowest BCUT2D eigenvalue weighted by Crippen LogP contribution is -2.37. The fourth-order valence-corrected chi connectivity index (χ4v) is 3.26. The largest absolute Gasteiger partial charge is 0.383 e. The number of nitrogens with zero attached hydrogens (tertiary/aromatic N) is 5. The molecular formula is C16H15Cl2N5O. The van der Waals surface area contributed by atoms with Crippen LogP contribution in [0.15, 0.2) is 49.3 Å². The molecule has 0 spiro atoms. The topological polar surface area (TPSA) is 76.7 Å². The zero-order valence-electron chi connectivity index (χ0n) is 12.8. The van der Waals surface area contributed by atoms with Crippen molar-refractivity contribution in [3.05, 3.63) is 70.5 Å². The molecule has 0 fully saturated rings. The first-order valence-corrected chi connectivity index (χ1v) is 8.03. The molecule has 0 aliphatic heterocycles. The Balaban J connectivity index is 2.09. The molecule has 2 atom stereocenters. The Bertz CT molecular complexity index is 813. The van der Waals surface area contributed by atoms with Gasteiger partial charge >= 0.3 is 0 Å². The summed E-state index contributed by atoms with van der Waals surface area (Å²) in [7, 11) is 0. The van der Waals surface area contributed by atoms with Crippen LogP contribution in [0.5, 0.6) is 0 Å². The first-order valence-electron chi connectivity index (χ1n) is 7.27. The molecule has 1 N–H and O–H groups in total. The van der Waals surface area contributed by atoms with E-state index in [9.17, 15) is 5.11 Å². The maximum absolute atomic E-state index is 11.6. The molecule has 0 amide bonds. The van der Waals surface area contributed by atoms with Crippen molar-refractivity contribution < 1.29 is 5.11 Å². The van der Waals surface area contributed by atoms with Crippen molar-refractivity contribution in [2.45, 2.75) is 25.0 Å². The van der Waals surface area contributed by atoms with Gasteiger partial charge in [-0.05, 0) is 23.8 Å². The van der Waals surface area contributed by atoms with Gasteiger partial charge < -0.3 is 5.11 Å². The van der Waals surface area contributed by atoms with E-state index in [1.54, 1.807) is 41.6 Å². The Morgan fingerprint density at radius 2 is 2.08 bits per heavy atom. The number of hydrogen-bond acceptors (Lipinski definition) is 5. The highest BCUT2D eigenvalue weighted by Gasteiger charge is 2.39. The highest BCUT2D eigenvalue weighted by molar-refractivity contribution is 6.35.